The molecule has 0 radical (unpaired) electrons. The van der Waals surface area contributed by atoms with E-state index in [0.29, 0.717) is 68.4 Å². The molecule has 1 heterocycles. The van der Waals surface area contributed by atoms with Crippen LogP contribution in [-0.4, -0.2) is 76.7 Å². The standard InChI is InChI=1S/C23H35N7O5/c1-33-13-5-10-24-20-19(30-29-18-9-4-8-17(16-18)22(31)32)21(25-11-6-14-34-2)28-23(27-20)26-12-7-15-35-3/h4,8-9,16H,5-7,10-15H2,1-3H3,(H,31,32)(H3,24,25,26,27,28)/p-1. The third kappa shape index (κ3) is 10.2. The number of carboxylic acids is 1. The van der Waals surface area contributed by atoms with Crippen LogP contribution in [0.1, 0.15) is 29.6 Å². The van der Waals surface area contributed by atoms with E-state index in [1.54, 1.807) is 33.5 Å². The smallest absolute Gasteiger partial charge is 0.226 e. The van der Waals surface area contributed by atoms with E-state index in [1.165, 1.54) is 12.1 Å². The number of carbonyl (C=O) groups is 1. The molecule has 3 N–H and O–H groups in total. The zero-order valence-electron chi connectivity index (χ0n) is 20.5. The number of rotatable bonds is 18. The average Bonchev–Trinajstić information content (AvgIpc) is 2.86. The lowest BCUT2D eigenvalue weighted by molar-refractivity contribution is -0.255. The predicted octanol–water partition coefficient (Wildman–Crippen LogP) is 2.60. The minimum atomic E-state index is -1.28. The number of benzene rings is 1. The quantitative estimate of drug-likeness (QED) is 0.211. The summed E-state index contributed by atoms with van der Waals surface area (Å²) in [5.74, 6) is 0.122. The van der Waals surface area contributed by atoms with Crippen LogP contribution in [0.3, 0.4) is 0 Å². The molecule has 0 amide bonds. The molecule has 0 atom stereocenters. The number of aromatic nitrogens is 2. The molecule has 0 unspecified atom stereocenters. The van der Waals surface area contributed by atoms with Gasteiger partial charge >= 0.3 is 0 Å². The molecule has 0 aliphatic carbocycles. The second kappa shape index (κ2) is 16.3. The number of azo groups is 1. The number of hydrogen-bond acceptors (Lipinski definition) is 12. The maximum absolute atomic E-state index is 11.2. The fourth-order valence-electron chi connectivity index (χ4n) is 2.94. The van der Waals surface area contributed by atoms with Crippen LogP contribution < -0.4 is 21.1 Å². The summed E-state index contributed by atoms with van der Waals surface area (Å²) in [6.45, 7) is 3.63. The molecule has 0 fully saturated rings. The van der Waals surface area contributed by atoms with E-state index < -0.39 is 5.97 Å². The fourth-order valence-corrected chi connectivity index (χ4v) is 2.94. The van der Waals surface area contributed by atoms with E-state index in [4.69, 9.17) is 14.2 Å². The normalized spacial score (nSPS) is 11.1. The summed E-state index contributed by atoms with van der Waals surface area (Å²) < 4.78 is 15.4. The van der Waals surface area contributed by atoms with Crippen molar-refractivity contribution in [3.8, 4) is 0 Å². The van der Waals surface area contributed by atoms with Crippen LogP contribution >= 0.6 is 0 Å². The molecule has 0 saturated heterocycles. The summed E-state index contributed by atoms with van der Waals surface area (Å²) in [6.07, 6.45) is 2.32. The van der Waals surface area contributed by atoms with Crippen molar-refractivity contribution in [3.63, 3.8) is 0 Å². The first kappa shape index (κ1) is 27.9. The third-order valence-electron chi connectivity index (χ3n) is 4.68. The highest BCUT2D eigenvalue weighted by Crippen LogP contribution is 2.34. The van der Waals surface area contributed by atoms with Gasteiger partial charge in [0.05, 0.1) is 11.7 Å². The van der Waals surface area contributed by atoms with Crippen molar-refractivity contribution in [2.24, 2.45) is 10.2 Å². The van der Waals surface area contributed by atoms with Gasteiger partial charge in [-0.2, -0.15) is 15.1 Å². The van der Waals surface area contributed by atoms with Gasteiger partial charge in [0.15, 0.2) is 17.3 Å². The Kier molecular flexibility index (Phi) is 13.0. The number of nitrogens with one attached hydrogen (secondary N) is 3. The Morgan fingerprint density at radius 3 is 1.91 bits per heavy atom. The minimum Gasteiger partial charge on any atom is -0.545 e. The van der Waals surface area contributed by atoms with Gasteiger partial charge in [0, 0.05) is 60.8 Å². The number of nitrogens with zero attached hydrogens (tertiary/aromatic N) is 4. The number of aromatic carboxylic acids is 1. The fraction of sp³-hybridized carbons (Fsp3) is 0.522. The van der Waals surface area contributed by atoms with Gasteiger partial charge < -0.3 is 40.1 Å². The molecule has 0 aliphatic heterocycles. The Morgan fingerprint density at radius 1 is 0.857 bits per heavy atom. The molecule has 12 heteroatoms. The highest BCUT2D eigenvalue weighted by Gasteiger charge is 2.15. The Bertz CT molecular complexity index is 909. The van der Waals surface area contributed by atoms with Gasteiger partial charge in [-0.15, -0.1) is 5.11 Å². The second-order valence-corrected chi connectivity index (χ2v) is 7.45. The van der Waals surface area contributed by atoms with E-state index in [1.807, 2.05) is 0 Å². The summed E-state index contributed by atoms with van der Waals surface area (Å²) in [6, 6.07) is 6.06. The first-order valence-electron chi connectivity index (χ1n) is 11.4. The minimum absolute atomic E-state index is 0.0177. The second-order valence-electron chi connectivity index (χ2n) is 7.45. The Morgan fingerprint density at radius 2 is 1.40 bits per heavy atom. The molecule has 192 valence electrons. The van der Waals surface area contributed by atoms with Gasteiger partial charge in [-0.3, -0.25) is 0 Å². The molecule has 12 nitrogen and oxygen atoms in total. The van der Waals surface area contributed by atoms with Gasteiger partial charge in [0.1, 0.15) is 0 Å². The topological polar surface area (TPSA) is 154 Å². The van der Waals surface area contributed by atoms with Gasteiger partial charge in [0.2, 0.25) is 5.95 Å². The van der Waals surface area contributed by atoms with E-state index in [0.717, 1.165) is 19.3 Å². The lowest BCUT2D eigenvalue weighted by Crippen LogP contribution is -2.21. The van der Waals surface area contributed by atoms with E-state index in [-0.39, 0.29) is 5.56 Å². The molecule has 35 heavy (non-hydrogen) atoms. The van der Waals surface area contributed by atoms with Crippen LogP contribution in [0.4, 0.5) is 29.0 Å². The van der Waals surface area contributed by atoms with E-state index in [2.05, 4.69) is 36.1 Å². The summed E-state index contributed by atoms with van der Waals surface area (Å²) in [4.78, 5) is 20.4. The summed E-state index contributed by atoms with van der Waals surface area (Å²) in [5, 5.41) is 29.6. The van der Waals surface area contributed by atoms with Crippen LogP contribution in [0.5, 0.6) is 0 Å². The van der Waals surface area contributed by atoms with Crippen LogP contribution in [0.2, 0.25) is 0 Å². The molecule has 2 rings (SSSR count). The van der Waals surface area contributed by atoms with Crippen molar-refractivity contribution in [2.75, 3.05) is 76.7 Å². The molecule has 0 saturated carbocycles. The Hall–Kier alpha value is -3.35. The van der Waals surface area contributed by atoms with Crippen molar-refractivity contribution in [2.45, 2.75) is 19.3 Å². The van der Waals surface area contributed by atoms with Crippen molar-refractivity contribution in [1.29, 1.82) is 0 Å². The van der Waals surface area contributed by atoms with Crippen molar-refractivity contribution >= 4 is 34.9 Å². The number of carbonyl (C=O) groups excluding carboxylic acids is 1. The molecule has 2 aromatic rings. The number of methoxy groups -OCH3 is 3. The number of hydrogen-bond donors (Lipinski definition) is 3. The molecule has 1 aromatic heterocycles. The molecular weight excluding hydrogens is 454 g/mol. The number of carboxylic acid groups (broad SMARTS) is 1. The number of anilines is 3. The van der Waals surface area contributed by atoms with Crippen LogP contribution in [0.25, 0.3) is 0 Å². The monoisotopic (exact) mass is 488 g/mol. The molecule has 0 spiro atoms. The highest BCUT2D eigenvalue weighted by atomic mass is 16.5. The largest absolute Gasteiger partial charge is 0.545 e. The van der Waals surface area contributed by atoms with Gasteiger partial charge in [0.25, 0.3) is 0 Å². The summed E-state index contributed by atoms with van der Waals surface area (Å²) in [5.41, 5.74) is 0.786. The first-order valence-corrected chi connectivity index (χ1v) is 11.4. The van der Waals surface area contributed by atoms with Crippen molar-refractivity contribution in [3.05, 3.63) is 29.8 Å². The maximum atomic E-state index is 11.2. The predicted molar refractivity (Wildman–Crippen MR) is 132 cm³/mol. The maximum Gasteiger partial charge on any atom is 0.226 e. The van der Waals surface area contributed by atoms with Crippen LogP contribution in [-0.2, 0) is 14.2 Å². The van der Waals surface area contributed by atoms with Crippen LogP contribution in [0.15, 0.2) is 34.5 Å². The lowest BCUT2D eigenvalue weighted by atomic mass is 10.2. The molecule has 0 aliphatic rings. The third-order valence-corrected chi connectivity index (χ3v) is 4.68. The first-order chi connectivity index (χ1) is 17.1. The molecule has 0 bridgehead atoms. The average molecular weight is 489 g/mol. The van der Waals surface area contributed by atoms with E-state index in [9.17, 15) is 9.90 Å². The van der Waals surface area contributed by atoms with E-state index >= 15 is 0 Å². The Labute approximate surface area is 205 Å². The lowest BCUT2D eigenvalue weighted by Gasteiger charge is -2.15. The highest BCUT2D eigenvalue weighted by molar-refractivity contribution is 5.86. The van der Waals surface area contributed by atoms with Gasteiger partial charge in [-0.05, 0) is 37.0 Å². The zero-order chi connectivity index (χ0) is 25.3. The number of ether oxygens (including phenoxy) is 3. The SMILES string of the molecule is COCCCNc1nc(NCCCOC)c(N=Nc2cccc(C(=O)[O-])c2)c(NCCCOC)n1. The van der Waals surface area contributed by atoms with Gasteiger partial charge in [-0.25, -0.2) is 0 Å². The van der Waals surface area contributed by atoms with Crippen LogP contribution in [0, 0.1) is 0 Å². The van der Waals surface area contributed by atoms with Gasteiger partial charge in [-0.1, -0.05) is 12.1 Å². The molecular formula is C23H34N7O5-. The summed E-state index contributed by atoms with van der Waals surface area (Å²) >= 11 is 0. The van der Waals surface area contributed by atoms with Crippen molar-refractivity contribution in [1.82, 2.24) is 9.97 Å². The summed E-state index contributed by atoms with van der Waals surface area (Å²) in [7, 11) is 4.95. The zero-order valence-corrected chi connectivity index (χ0v) is 20.5. The van der Waals surface area contributed by atoms with Crippen molar-refractivity contribution < 1.29 is 24.1 Å². The molecule has 1 aromatic carbocycles. The Balaban J connectivity index is 2.37.